The van der Waals surface area contributed by atoms with Gasteiger partial charge in [-0.15, -0.1) is 0 Å². The van der Waals surface area contributed by atoms with Gasteiger partial charge >= 0.3 is 0 Å². The number of aryl methyl sites for hydroxylation is 1. The maximum absolute atomic E-state index is 6.06. The van der Waals surface area contributed by atoms with Crippen molar-refractivity contribution in [2.45, 2.75) is 33.1 Å². The van der Waals surface area contributed by atoms with E-state index >= 15 is 0 Å². The number of hydrogen-bond acceptors (Lipinski definition) is 2. The lowest BCUT2D eigenvalue weighted by Crippen LogP contribution is -2.11. The summed E-state index contributed by atoms with van der Waals surface area (Å²) in [5.74, 6) is 0.691. The van der Waals surface area contributed by atoms with E-state index in [2.05, 4.69) is 44.8 Å². The van der Waals surface area contributed by atoms with Crippen LogP contribution < -0.4 is 0 Å². The van der Waals surface area contributed by atoms with E-state index < -0.39 is 0 Å². The molecule has 0 saturated heterocycles. The largest absolute Gasteiger partial charge is 0.436 e. The molecule has 3 rings (SSSR count). The number of fused-ring (bicyclic) bond motifs is 1. The molecule has 0 radical (unpaired) electrons. The van der Waals surface area contributed by atoms with Crippen molar-refractivity contribution in [3.05, 3.63) is 53.6 Å². The van der Waals surface area contributed by atoms with E-state index in [0.29, 0.717) is 5.89 Å². The van der Waals surface area contributed by atoms with Crippen LogP contribution in [0.1, 0.15) is 31.9 Å². The maximum atomic E-state index is 6.06. The van der Waals surface area contributed by atoms with E-state index in [9.17, 15) is 0 Å². The van der Waals surface area contributed by atoms with Gasteiger partial charge in [-0.3, -0.25) is 0 Å². The molecule has 0 aliphatic rings. The summed E-state index contributed by atoms with van der Waals surface area (Å²) in [5, 5.41) is 0. The number of hydrogen-bond donors (Lipinski definition) is 0. The minimum Gasteiger partial charge on any atom is -0.436 e. The van der Waals surface area contributed by atoms with Gasteiger partial charge in [0.2, 0.25) is 5.89 Å². The third kappa shape index (κ3) is 2.22. The molecule has 0 aliphatic carbocycles. The predicted octanol–water partition coefficient (Wildman–Crippen LogP) is 5.10. The van der Waals surface area contributed by atoms with Crippen molar-refractivity contribution in [1.29, 1.82) is 0 Å². The van der Waals surface area contributed by atoms with Crippen molar-refractivity contribution in [1.82, 2.24) is 4.98 Å². The van der Waals surface area contributed by atoms with Gasteiger partial charge in [0.25, 0.3) is 0 Å². The Morgan fingerprint density at radius 3 is 2.35 bits per heavy atom. The Kier molecular flexibility index (Phi) is 2.89. The van der Waals surface area contributed by atoms with E-state index in [0.717, 1.165) is 16.7 Å². The lowest BCUT2D eigenvalue weighted by atomic mass is 9.85. The zero-order valence-electron chi connectivity index (χ0n) is 12.4. The first kappa shape index (κ1) is 12.9. The highest BCUT2D eigenvalue weighted by atomic mass is 16.4. The minimum absolute atomic E-state index is 0.0394. The van der Waals surface area contributed by atoms with Gasteiger partial charge in [0, 0.05) is 11.1 Å². The molecule has 0 atom stereocenters. The summed E-state index contributed by atoms with van der Waals surface area (Å²) in [6, 6.07) is 14.3. The molecule has 0 amide bonds. The van der Waals surface area contributed by atoms with E-state index in [1.54, 1.807) is 0 Å². The molecule has 2 nitrogen and oxygen atoms in total. The molecule has 2 heteroatoms. The quantitative estimate of drug-likeness (QED) is 0.612. The Bertz CT molecular complexity index is 748. The third-order valence-electron chi connectivity index (χ3n) is 3.46. The number of benzene rings is 2. The van der Waals surface area contributed by atoms with Crippen LogP contribution in [0.5, 0.6) is 0 Å². The Morgan fingerprint density at radius 2 is 1.70 bits per heavy atom. The second kappa shape index (κ2) is 4.48. The average molecular weight is 266 g/mol. The Morgan fingerprint density at radius 1 is 1.00 bits per heavy atom. The van der Waals surface area contributed by atoms with Crippen molar-refractivity contribution < 1.29 is 4.42 Å². The van der Waals surface area contributed by atoms with Gasteiger partial charge in [0.05, 0.1) is 0 Å². The van der Waals surface area contributed by atoms with E-state index in [1.807, 2.05) is 30.3 Å². The summed E-state index contributed by atoms with van der Waals surface area (Å²) in [4.78, 5) is 4.65. The summed E-state index contributed by atoms with van der Waals surface area (Å²) >= 11 is 0. The van der Waals surface area contributed by atoms with E-state index in [1.165, 1.54) is 11.1 Å². The van der Waals surface area contributed by atoms with Crippen molar-refractivity contribution in [3.63, 3.8) is 0 Å². The predicted molar refractivity (Wildman–Crippen MR) is 82.9 cm³/mol. The van der Waals surface area contributed by atoms with Gasteiger partial charge in [-0.2, -0.15) is 0 Å². The lowest BCUT2D eigenvalue weighted by molar-refractivity contribution is 0.561. The fourth-order valence-electron chi connectivity index (χ4n) is 2.43. The zero-order valence-corrected chi connectivity index (χ0v) is 12.4. The molecule has 0 unspecified atom stereocenters. The van der Waals surface area contributed by atoms with Crippen molar-refractivity contribution in [2.75, 3.05) is 0 Å². The smallest absolute Gasteiger partial charge is 0.227 e. The van der Waals surface area contributed by atoms with Crippen LogP contribution in [-0.2, 0) is 5.41 Å². The van der Waals surface area contributed by atoms with Crippen LogP contribution in [0.2, 0.25) is 0 Å². The highest BCUT2D eigenvalue weighted by molar-refractivity contribution is 5.81. The fourth-order valence-corrected chi connectivity index (χ4v) is 2.43. The Hall–Kier alpha value is -2.09. The summed E-state index contributed by atoms with van der Waals surface area (Å²) in [6.07, 6.45) is 0. The molecule has 0 saturated carbocycles. The molecule has 0 spiro atoms. The molecule has 1 aromatic heterocycles. The number of oxazole rings is 1. The summed E-state index contributed by atoms with van der Waals surface area (Å²) in [5.41, 5.74) is 5.33. The van der Waals surface area contributed by atoms with Gasteiger partial charge in [-0.1, -0.05) is 45.0 Å². The van der Waals surface area contributed by atoms with Gasteiger partial charge in [0.15, 0.2) is 5.58 Å². The van der Waals surface area contributed by atoms with Gasteiger partial charge in [0.1, 0.15) is 5.52 Å². The lowest BCUT2D eigenvalue weighted by Gasteiger charge is -2.19. The summed E-state index contributed by atoms with van der Waals surface area (Å²) < 4.78 is 6.06. The topological polar surface area (TPSA) is 26.0 Å². The first-order chi connectivity index (χ1) is 9.45. The minimum atomic E-state index is 0.0394. The number of aromatic nitrogens is 1. The molecule has 2 aromatic carbocycles. The van der Waals surface area contributed by atoms with Crippen LogP contribution in [-0.4, -0.2) is 4.98 Å². The Labute approximate surface area is 119 Å². The molecule has 102 valence electrons. The van der Waals surface area contributed by atoms with Gasteiger partial charge < -0.3 is 4.42 Å². The normalized spacial score (nSPS) is 12.0. The van der Waals surface area contributed by atoms with Crippen LogP contribution in [0, 0.1) is 6.92 Å². The van der Waals surface area contributed by atoms with Crippen LogP contribution in [0.4, 0.5) is 0 Å². The highest BCUT2D eigenvalue weighted by Crippen LogP contribution is 2.34. The zero-order chi connectivity index (χ0) is 14.3. The second-order valence-corrected chi connectivity index (χ2v) is 6.30. The van der Waals surface area contributed by atoms with Crippen LogP contribution in [0.15, 0.2) is 46.9 Å². The third-order valence-corrected chi connectivity index (χ3v) is 3.46. The number of rotatable bonds is 1. The molecule has 0 bridgehead atoms. The second-order valence-electron chi connectivity index (χ2n) is 6.30. The molecule has 20 heavy (non-hydrogen) atoms. The van der Waals surface area contributed by atoms with Crippen molar-refractivity contribution >= 4 is 11.1 Å². The molecule has 0 fully saturated rings. The first-order valence-corrected chi connectivity index (χ1v) is 6.92. The highest BCUT2D eigenvalue weighted by Gasteiger charge is 2.21. The van der Waals surface area contributed by atoms with Crippen molar-refractivity contribution in [2.24, 2.45) is 0 Å². The molecule has 0 N–H and O–H groups in total. The van der Waals surface area contributed by atoms with Crippen LogP contribution in [0.3, 0.4) is 0 Å². The standard InChI is InChI=1S/C18H19NO/c1-12-10-14(18(2,3)4)16-15(11-12)19-17(20-16)13-8-6-5-7-9-13/h5-11H,1-4H3/i17+1. The summed E-state index contributed by atoms with van der Waals surface area (Å²) in [7, 11) is 0. The fraction of sp³-hybridized carbons (Fsp3) is 0.278. The Balaban J connectivity index is 2.26. The van der Waals surface area contributed by atoms with Crippen LogP contribution in [0.25, 0.3) is 22.6 Å². The monoisotopic (exact) mass is 266 g/mol. The van der Waals surface area contributed by atoms with Crippen LogP contribution >= 0.6 is 0 Å². The maximum Gasteiger partial charge on any atom is 0.227 e. The van der Waals surface area contributed by atoms with Gasteiger partial charge in [-0.25, -0.2) is 4.98 Å². The molecule has 1 heterocycles. The molecular weight excluding hydrogens is 247 g/mol. The SMILES string of the molecule is Cc1cc(C(C)(C)C)c2o[13c](-c3ccccc3)nc2c1. The van der Waals surface area contributed by atoms with Gasteiger partial charge in [-0.05, 0) is 36.1 Å². The number of nitrogens with zero attached hydrogens (tertiary/aromatic N) is 1. The average Bonchev–Trinajstić information content (AvgIpc) is 2.81. The first-order valence-electron chi connectivity index (χ1n) is 6.92. The van der Waals surface area contributed by atoms with E-state index in [-0.39, 0.29) is 5.41 Å². The summed E-state index contributed by atoms with van der Waals surface area (Å²) in [6.45, 7) is 8.70. The molecule has 0 aliphatic heterocycles. The van der Waals surface area contributed by atoms with Crippen molar-refractivity contribution in [3.8, 4) is 11.5 Å². The van der Waals surface area contributed by atoms with E-state index in [4.69, 9.17) is 4.42 Å². The molecular formula is C18H19NO. The molecule has 3 aromatic rings.